The average Bonchev–Trinajstić information content (AvgIpc) is 3.80. The number of aromatic nitrogens is 5. The van der Waals surface area contributed by atoms with Gasteiger partial charge in [0.25, 0.3) is 0 Å². The summed E-state index contributed by atoms with van der Waals surface area (Å²) in [6.07, 6.45) is 6.16. The normalized spacial score (nSPS) is 13.6. The number of anilines is 1. The molecule has 0 radical (unpaired) electrons. The van der Waals surface area contributed by atoms with E-state index >= 15 is 0 Å². The smallest absolute Gasteiger partial charge is 0.224 e. The summed E-state index contributed by atoms with van der Waals surface area (Å²) in [4.78, 5) is 26.9. The highest BCUT2D eigenvalue weighted by atomic mass is 19.1. The van der Waals surface area contributed by atoms with Crippen LogP contribution in [0.3, 0.4) is 0 Å². The Balaban J connectivity index is 1.20. The van der Waals surface area contributed by atoms with Crippen LogP contribution < -0.4 is 10.1 Å². The molecule has 1 saturated heterocycles. The van der Waals surface area contributed by atoms with Crippen LogP contribution in [0.25, 0.3) is 55.7 Å². The molecule has 0 atom stereocenters. The molecule has 0 aliphatic carbocycles. The van der Waals surface area contributed by atoms with Gasteiger partial charge in [-0.05, 0) is 79.5 Å². The van der Waals surface area contributed by atoms with E-state index in [4.69, 9.17) is 9.72 Å². The van der Waals surface area contributed by atoms with Crippen LogP contribution in [0.5, 0.6) is 5.75 Å². The minimum atomic E-state index is -0.339. The Hall–Kier alpha value is -5.09. The molecule has 0 unspecified atom stereocenters. The third-order valence-corrected chi connectivity index (χ3v) is 8.02. The molecule has 1 aliphatic rings. The molecule has 222 valence electrons. The van der Waals surface area contributed by atoms with Gasteiger partial charge in [0.1, 0.15) is 29.4 Å². The molecule has 1 fully saturated rings. The van der Waals surface area contributed by atoms with E-state index in [0.29, 0.717) is 41.4 Å². The van der Waals surface area contributed by atoms with Gasteiger partial charge in [-0.15, -0.1) is 0 Å². The van der Waals surface area contributed by atoms with Crippen molar-refractivity contribution < 1.29 is 13.9 Å². The van der Waals surface area contributed by atoms with E-state index in [-0.39, 0.29) is 11.7 Å². The second-order valence-electron chi connectivity index (χ2n) is 11.1. The number of ether oxygens (including phenoxy) is 1. The number of H-pyrrole nitrogens is 2. The van der Waals surface area contributed by atoms with Gasteiger partial charge in [0.2, 0.25) is 5.91 Å². The first kappa shape index (κ1) is 27.7. The van der Waals surface area contributed by atoms with E-state index in [1.807, 2.05) is 48.5 Å². The number of hydrogen-bond acceptors (Lipinski definition) is 6. The lowest BCUT2D eigenvalue weighted by Crippen LogP contribution is -2.25. The van der Waals surface area contributed by atoms with Crippen LogP contribution in [-0.4, -0.2) is 62.2 Å². The first-order valence-corrected chi connectivity index (χ1v) is 14.9. The number of rotatable bonds is 9. The zero-order valence-electron chi connectivity index (χ0n) is 24.4. The largest absolute Gasteiger partial charge is 0.492 e. The minimum absolute atomic E-state index is 0.0813. The average molecular weight is 590 g/mol. The third kappa shape index (κ3) is 5.63. The second-order valence-corrected chi connectivity index (χ2v) is 11.1. The molecule has 0 bridgehead atoms. The van der Waals surface area contributed by atoms with Crippen LogP contribution in [0.2, 0.25) is 0 Å². The Bertz CT molecular complexity index is 1980. The van der Waals surface area contributed by atoms with Crippen molar-refractivity contribution in [2.24, 2.45) is 0 Å². The lowest BCUT2D eigenvalue weighted by atomic mass is 10.0. The number of halogens is 1. The van der Waals surface area contributed by atoms with E-state index in [2.05, 4.69) is 30.4 Å². The van der Waals surface area contributed by atoms with Crippen molar-refractivity contribution in [3.8, 4) is 39.5 Å². The van der Waals surface area contributed by atoms with Crippen molar-refractivity contribution in [3.63, 3.8) is 0 Å². The number of nitrogens with one attached hydrogen (secondary N) is 3. The van der Waals surface area contributed by atoms with E-state index in [9.17, 15) is 9.18 Å². The summed E-state index contributed by atoms with van der Waals surface area (Å²) in [6, 6.07) is 18.5. The van der Waals surface area contributed by atoms with Gasteiger partial charge in [0.05, 0.1) is 28.8 Å². The fourth-order valence-corrected chi connectivity index (χ4v) is 5.78. The number of nitrogens with zero attached hydrogens (tertiary/aromatic N) is 4. The predicted molar refractivity (Wildman–Crippen MR) is 170 cm³/mol. The summed E-state index contributed by atoms with van der Waals surface area (Å²) >= 11 is 0. The summed E-state index contributed by atoms with van der Waals surface area (Å²) < 4.78 is 20.8. The molecule has 1 amide bonds. The highest BCUT2D eigenvalue weighted by Crippen LogP contribution is 2.36. The molecular formula is C34H32FN7O2. The molecule has 0 saturated carbocycles. The van der Waals surface area contributed by atoms with Crippen LogP contribution in [-0.2, 0) is 4.79 Å². The van der Waals surface area contributed by atoms with Crippen LogP contribution in [0.4, 0.5) is 10.1 Å². The SMILES string of the molecule is CCC(=O)Nc1cncc(-c2ccc3[nH]nc(-c4cc5c(-c6cc(F)cc(OCCN7CCCC7)c6)cccc5[nH]4)c3n2)c1. The fourth-order valence-electron chi connectivity index (χ4n) is 5.78. The Morgan fingerprint density at radius 2 is 1.91 bits per heavy atom. The zero-order valence-corrected chi connectivity index (χ0v) is 24.4. The van der Waals surface area contributed by atoms with Gasteiger partial charge >= 0.3 is 0 Å². The maximum absolute atomic E-state index is 14.8. The summed E-state index contributed by atoms with van der Waals surface area (Å²) in [5, 5.41) is 11.5. The van der Waals surface area contributed by atoms with Gasteiger partial charge in [-0.3, -0.25) is 19.8 Å². The van der Waals surface area contributed by atoms with Gasteiger partial charge in [-0.1, -0.05) is 19.1 Å². The number of pyridine rings is 2. The first-order chi connectivity index (χ1) is 21.5. The molecule has 4 aromatic heterocycles. The van der Waals surface area contributed by atoms with Crippen molar-refractivity contribution >= 4 is 33.5 Å². The van der Waals surface area contributed by atoms with Crippen molar-refractivity contribution in [2.45, 2.75) is 26.2 Å². The van der Waals surface area contributed by atoms with E-state index < -0.39 is 0 Å². The van der Waals surface area contributed by atoms with Crippen molar-refractivity contribution in [1.82, 2.24) is 30.0 Å². The van der Waals surface area contributed by atoms with Gasteiger partial charge in [-0.2, -0.15) is 5.10 Å². The predicted octanol–water partition coefficient (Wildman–Crippen LogP) is 6.80. The number of likely N-dealkylation sites (tertiary alicyclic amines) is 1. The van der Waals surface area contributed by atoms with Gasteiger partial charge in [0.15, 0.2) is 0 Å². The Morgan fingerprint density at radius 1 is 1.02 bits per heavy atom. The van der Waals surface area contributed by atoms with Gasteiger partial charge < -0.3 is 15.0 Å². The van der Waals surface area contributed by atoms with Crippen LogP contribution in [0.1, 0.15) is 26.2 Å². The summed E-state index contributed by atoms with van der Waals surface area (Å²) in [5.74, 6) is 0.103. The molecular weight excluding hydrogens is 557 g/mol. The molecule has 1 aliphatic heterocycles. The van der Waals surface area contributed by atoms with Crippen LogP contribution >= 0.6 is 0 Å². The lowest BCUT2D eigenvalue weighted by molar-refractivity contribution is -0.115. The number of aromatic amines is 2. The Kier molecular flexibility index (Phi) is 7.49. The molecule has 0 spiro atoms. The minimum Gasteiger partial charge on any atom is -0.492 e. The molecule has 3 N–H and O–H groups in total. The molecule has 6 aromatic rings. The highest BCUT2D eigenvalue weighted by molar-refractivity contribution is 6.00. The first-order valence-electron chi connectivity index (χ1n) is 14.9. The number of carbonyl (C=O) groups is 1. The number of amides is 1. The monoisotopic (exact) mass is 589 g/mol. The molecule has 2 aromatic carbocycles. The van der Waals surface area contributed by atoms with Crippen molar-refractivity contribution in [1.29, 1.82) is 0 Å². The van der Waals surface area contributed by atoms with Gasteiger partial charge in [-0.25, -0.2) is 9.37 Å². The quantitative estimate of drug-likeness (QED) is 0.171. The number of fused-ring (bicyclic) bond motifs is 2. The van der Waals surface area contributed by atoms with Crippen LogP contribution in [0, 0.1) is 5.82 Å². The second kappa shape index (κ2) is 11.9. The van der Waals surface area contributed by atoms with Crippen LogP contribution in [0.15, 0.2) is 73.1 Å². The third-order valence-electron chi connectivity index (χ3n) is 8.02. The maximum Gasteiger partial charge on any atom is 0.224 e. The topological polar surface area (TPSA) is 112 Å². The summed E-state index contributed by atoms with van der Waals surface area (Å²) in [6.45, 7) is 5.36. The fraction of sp³-hybridized carbons (Fsp3) is 0.235. The summed E-state index contributed by atoms with van der Waals surface area (Å²) in [5.41, 5.74) is 7.54. The number of benzene rings is 2. The molecule has 7 rings (SSSR count). The van der Waals surface area contributed by atoms with Gasteiger partial charge in [0, 0.05) is 41.7 Å². The Morgan fingerprint density at radius 3 is 2.77 bits per heavy atom. The lowest BCUT2D eigenvalue weighted by Gasteiger charge is -2.15. The van der Waals surface area contributed by atoms with E-state index in [0.717, 1.165) is 58.4 Å². The zero-order chi connectivity index (χ0) is 30.0. The molecule has 5 heterocycles. The van der Waals surface area contributed by atoms with E-state index in [1.54, 1.807) is 19.3 Å². The van der Waals surface area contributed by atoms with Crippen molar-refractivity contribution in [3.05, 3.63) is 78.9 Å². The standard InChI is InChI=1S/C34H32FN7O2/c1-2-32(43)37-24-15-22(19-36-20-24)28-8-9-30-33(39-28)34(41-40-30)31-18-27-26(6-5-7-29(27)38-31)21-14-23(35)17-25(16-21)44-13-12-42-10-3-4-11-42/h5-9,14-20,38H,2-4,10-13H2,1H3,(H,37,43)(H,40,41). The highest BCUT2D eigenvalue weighted by Gasteiger charge is 2.17. The van der Waals surface area contributed by atoms with Crippen molar-refractivity contribution in [2.75, 3.05) is 31.6 Å². The molecule has 44 heavy (non-hydrogen) atoms. The molecule has 10 heteroatoms. The number of carbonyl (C=O) groups excluding carboxylic acids is 1. The molecule has 9 nitrogen and oxygen atoms in total. The summed E-state index contributed by atoms with van der Waals surface area (Å²) in [7, 11) is 0. The maximum atomic E-state index is 14.8. The van der Waals surface area contributed by atoms with E-state index in [1.165, 1.54) is 25.0 Å². The number of hydrogen-bond donors (Lipinski definition) is 3. The Labute approximate surface area is 253 Å².